The molecule has 8 heteroatoms. The van der Waals surface area contributed by atoms with Crippen LogP contribution in [0.1, 0.15) is 25.5 Å². The molecule has 2 N–H and O–H groups in total. The van der Waals surface area contributed by atoms with E-state index in [1.165, 1.54) is 14.2 Å². The molecule has 2 heterocycles. The number of fused-ring (bicyclic) bond motifs is 1. The summed E-state index contributed by atoms with van der Waals surface area (Å²) in [6.45, 7) is 3.49. The largest absolute Gasteiger partial charge is 0.497 e. The molecular weight excluding hydrogens is 412 g/mol. The van der Waals surface area contributed by atoms with E-state index >= 15 is 0 Å². The number of aliphatic carboxylic acids is 1. The van der Waals surface area contributed by atoms with Crippen molar-refractivity contribution < 1.29 is 29.0 Å². The molecule has 2 amide bonds. The summed E-state index contributed by atoms with van der Waals surface area (Å²) in [6, 6.07) is 13.0. The highest BCUT2D eigenvalue weighted by molar-refractivity contribution is 6.24. The van der Waals surface area contributed by atoms with Crippen LogP contribution in [0.4, 0.5) is 5.69 Å². The van der Waals surface area contributed by atoms with Crippen LogP contribution in [0.5, 0.6) is 11.5 Å². The van der Waals surface area contributed by atoms with Crippen molar-refractivity contribution in [3.8, 4) is 11.5 Å². The molecule has 2 fully saturated rings. The van der Waals surface area contributed by atoms with Gasteiger partial charge in [0.1, 0.15) is 17.0 Å². The molecule has 168 valence electrons. The Hall–Kier alpha value is -3.39. The fourth-order valence-corrected chi connectivity index (χ4v) is 5.09. The number of hydrogen-bond donors (Lipinski definition) is 2. The van der Waals surface area contributed by atoms with Crippen LogP contribution in [-0.4, -0.2) is 42.6 Å². The molecule has 2 aliphatic heterocycles. The summed E-state index contributed by atoms with van der Waals surface area (Å²) in [5.41, 5.74) is -0.583. The Morgan fingerprint density at radius 2 is 1.75 bits per heavy atom. The van der Waals surface area contributed by atoms with E-state index in [0.29, 0.717) is 22.7 Å². The lowest BCUT2D eigenvalue weighted by Crippen LogP contribution is -2.59. The molecule has 0 aliphatic carbocycles. The molecule has 2 aliphatic rings. The molecule has 2 aromatic rings. The number of benzene rings is 2. The second kappa shape index (κ2) is 7.94. The Bertz CT molecular complexity index is 1070. The maximum atomic E-state index is 13.6. The second-order valence-corrected chi connectivity index (χ2v) is 8.41. The van der Waals surface area contributed by atoms with Crippen molar-refractivity contribution in [2.45, 2.75) is 25.4 Å². The van der Waals surface area contributed by atoms with Gasteiger partial charge in [-0.1, -0.05) is 38.1 Å². The third-order valence-corrected chi connectivity index (χ3v) is 6.65. The number of para-hydroxylation sites is 1. The number of ether oxygens (including phenoxy) is 2. The standard InChI is InChI=1S/C24H26N2O6/c1-13(2)24(23(29)30)19-18(21(27)26(22(19)28)14-8-6-5-7-9-14)20(25-24)16-11-10-15(31-3)12-17(16)32-4/h5-13,18-20,25H,1-4H3,(H,29,30). The lowest BCUT2D eigenvalue weighted by Gasteiger charge is -2.34. The zero-order valence-corrected chi connectivity index (χ0v) is 18.4. The molecule has 2 aromatic carbocycles. The highest BCUT2D eigenvalue weighted by atomic mass is 16.5. The van der Waals surface area contributed by atoms with E-state index in [-0.39, 0.29) is 0 Å². The number of carbonyl (C=O) groups is 3. The molecule has 4 atom stereocenters. The first kappa shape index (κ1) is 21.8. The first-order chi connectivity index (χ1) is 15.3. The Labute approximate surface area is 186 Å². The van der Waals surface area contributed by atoms with Crippen LogP contribution in [0.3, 0.4) is 0 Å². The molecule has 0 bridgehead atoms. The molecule has 0 radical (unpaired) electrons. The minimum absolute atomic E-state index is 0.426. The first-order valence-electron chi connectivity index (χ1n) is 10.4. The van der Waals surface area contributed by atoms with Crippen molar-refractivity contribution in [1.29, 1.82) is 0 Å². The smallest absolute Gasteiger partial charge is 0.325 e. The predicted molar refractivity (Wildman–Crippen MR) is 117 cm³/mol. The highest BCUT2D eigenvalue weighted by Crippen LogP contribution is 2.53. The number of hydrogen-bond acceptors (Lipinski definition) is 6. The third-order valence-electron chi connectivity index (χ3n) is 6.65. The van der Waals surface area contributed by atoms with Crippen molar-refractivity contribution in [2.24, 2.45) is 17.8 Å². The molecule has 2 saturated heterocycles. The van der Waals surface area contributed by atoms with Gasteiger partial charge in [-0.2, -0.15) is 0 Å². The fourth-order valence-electron chi connectivity index (χ4n) is 5.09. The van der Waals surface area contributed by atoms with Crippen LogP contribution in [0.25, 0.3) is 0 Å². The molecule has 0 spiro atoms. The molecule has 32 heavy (non-hydrogen) atoms. The lowest BCUT2D eigenvalue weighted by molar-refractivity contribution is -0.151. The van der Waals surface area contributed by atoms with E-state index in [1.54, 1.807) is 62.4 Å². The highest BCUT2D eigenvalue weighted by Gasteiger charge is 2.69. The summed E-state index contributed by atoms with van der Waals surface area (Å²) in [5.74, 6) is -3.51. The van der Waals surface area contributed by atoms with Gasteiger partial charge >= 0.3 is 5.97 Å². The number of anilines is 1. The van der Waals surface area contributed by atoms with E-state index in [1.807, 2.05) is 0 Å². The summed E-state index contributed by atoms with van der Waals surface area (Å²) in [4.78, 5) is 41.0. The molecular formula is C24H26N2O6. The van der Waals surface area contributed by atoms with Crippen LogP contribution in [0.15, 0.2) is 48.5 Å². The van der Waals surface area contributed by atoms with Crippen LogP contribution in [-0.2, 0) is 14.4 Å². The fraction of sp³-hybridized carbons (Fsp3) is 0.375. The van der Waals surface area contributed by atoms with Crippen LogP contribution >= 0.6 is 0 Å². The zero-order valence-electron chi connectivity index (χ0n) is 18.4. The van der Waals surface area contributed by atoms with Gasteiger partial charge in [0.15, 0.2) is 0 Å². The quantitative estimate of drug-likeness (QED) is 0.668. The molecule has 4 rings (SSSR count). The maximum absolute atomic E-state index is 13.6. The van der Waals surface area contributed by atoms with Gasteiger partial charge < -0.3 is 14.6 Å². The third kappa shape index (κ3) is 2.97. The Morgan fingerprint density at radius 1 is 1.06 bits per heavy atom. The molecule has 8 nitrogen and oxygen atoms in total. The van der Waals surface area contributed by atoms with Crippen molar-refractivity contribution in [2.75, 3.05) is 19.1 Å². The van der Waals surface area contributed by atoms with E-state index < -0.39 is 47.1 Å². The zero-order chi connectivity index (χ0) is 23.2. The van der Waals surface area contributed by atoms with Crippen LogP contribution in [0.2, 0.25) is 0 Å². The van der Waals surface area contributed by atoms with Gasteiger partial charge in [0.05, 0.1) is 31.7 Å². The van der Waals surface area contributed by atoms with Crippen LogP contribution < -0.4 is 19.7 Å². The minimum atomic E-state index is -1.61. The van der Waals surface area contributed by atoms with Gasteiger partial charge in [-0.25, -0.2) is 4.90 Å². The number of amides is 2. The summed E-state index contributed by atoms with van der Waals surface area (Å²) < 4.78 is 10.8. The van der Waals surface area contributed by atoms with E-state index in [9.17, 15) is 19.5 Å². The lowest BCUT2D eigenvalue weighted by atomic mass is 9.73. The SMILES string of the molecule is COc1ccc(C2NC(C(=O)O)(C(C)C)C3C(=O)N(c4ccccc4)C(=O)C23)c(OC)c1. The van der Waals surface area contributed by atoms with Gasteiger partial charge in [-0.05, 0) is 24.1 Å². The van der Waals surface area contributed by atoms with E-state index in [0.717, 1.165) is 4.90 Å². The van der Waals surface area contributed by atoms with E-state index in [2.05, 4.69) is 5.32 Å². The summed E-state index contributed by atoms with van der Waals surface area (Å²) >= 11 is 0. The number of carbonyl (C=O) groups excluding carboxylic acids is 2. The van der Waals surface area contributed by atoms with Crippen molar-refractivity contribution in [3.05, 3.63) is 54.1 Å². The van der Waals surface area contributed by atoms with Gasteiger partial charge in [-0.15, -0.1) is 0 Å². The Kier molecular flexibility index (Phi) is 5.42. The Morgan fingerprint density at radius 3 is 2.31 bits per heavy atom. The van der Waals surface area contributed by atoms with Crippen molar-refractivity contribution in [1.82, 2.24) is 5.32 Å². The monoisotopic (exact) mass is 438 g/mol. The topological polar surface area (TPSA) is 105 Å². The number of nitrogens with zero attached hydrogens (tertiary/aromatic N) is 1. The van der Waals surface area contributed by atoms with Crippen molar-refractivity contribution in [3.63, 3.8) is 0 Å². The molecule has 0 aromatic heterocycles. The van der Waals surface area contributed by atoms with Gasteiger partial charge in [0, 0.05) is 17.7 Å². The summed E-state index contributed by atoms with van der Waals surface area (Å²) in [6.07, 6.45) is 0. The van der Waals surface area contributed by atoms with Gasteiger partial charge in [0.25, 0.3) is 0 Å². The normalized spacial score (nSPS) is 27.0. The van der Waals surface area contributed by atoms with Crippen molar-refractivity contribution >= 4 is 23.5 Å². The first-order valence-corrected chi connectivity index (χ1v) is 10.4. The summed E-state index contributed by atoms with van der Waals surface area (Å²) in [5, 5.41) is 13.5. The molecule has 0 saturated carbocycles. The number of nitrogens with one attached hydrogen (secondary N) is 1. The Balaban J connectivity index is 1.90. The number of carboxylic acids is 1. The number of rotatable bonds is 6. The maximum Gasteiger partial charge on any atom is 0.325 e. The van der Waals surface area contributed by atoms with Gasteiger partial charge in [-0.3, -0.25) is 19.7 Å². The number of carboxylic acid groups (broad SMARTS) is 1. The second-order valence-electron chi connectivity index (χ2n) is 8.41. The average molecular weight is 438 g/mol. The molecule has 4 unspecified atom stereocenters. The summed E-state index contributed by atoms with van der Waals surface area (Å²) in [7, 11) is 3.03. The number of methoxy groups -OCH3 is 2. The number of imide groups is 1. The minimum Gasteiger partial charge on any atom is -0.497 e. The average Bonchev–Trinajstić information content (AvgIpc) is 3.28. The van der Waals surface area contributed by atoms with E-state index in [4.69, 9.17) is 9.47 Å². The predicted octanol–water partition coefficient (Wildman–Crippen LogP) is 2.63. The van der Waals surface area contributed by atoms with Gasteiger partial charge in [0.2, 0.25) is 11.8 Å². The van der Waals surface area contributed by atoms with Crippen LogP contribution in [0, 0.1) is 17.8 Å².